The normalized spacial score (nSPS) is 11.3. The molecule has 0 bridgehead atoms. The molecule has 0 spiro atoms. The van der Waals surface area contributed by atoms with Gasteiger partial charge in [0.05, 0.1) is 17.0 Å². The van der Waals surface area contributed by atoms with Crippen LogP contribution in [-0.2, 0) is 35.3 Å². The topological polar surface area (TPSA) is 66.8 Å². The molecule has 0 atom stereocenters. The maximum absolute atomic E-state index is 13.5. The minimum atomic E-state index is -4.83. The molecule has 3 aromatic rings. The van der Waals surface area contributed by atoms with Crippen molar-refractivity contribution in [3.8, 4) is 11.1 Å². The van der Waals surface area contributed by atoms with Crippen LogP contribution >= 0.6 is 11.6 Å². The Bertz CT molecular complexity index is 1250. The van der Waals surface area contributed by atoms with Crippen molar-refractivity contribution in [3.63, 3.8) is 0 Å². The van der Waals surface area contributed by atoms with Gasteiger partial charge in [-0.25, -0.2) is 9.18 Å². The predicted octanol–water partition coefficient (Wildman–Crippen LogP) is 6.95. The van der Waals surface area contributed by atoms with E-state index in [4.69, 9.17) is 21.4 Å². The van der Waals surface area contributed by atoms with Crippen molar-refractivity contribution in [2.24, 2.45) is 0 Å². The van der Waals surface area contributed by atoms with Gasteiger partial charge in [0.15, 0.2) is 0 Å². The molecule has 1 amide bonds. The van der Waals surface area contributed by atoms with E-state index in [-0.39, 0.29) is 25.3 Å². The van der Waals surface area contributed by atoms with Crippen LogP contribution in [0.25, 0.3) is 11.1 Å². The summed E-state index contributed by atoms with van der Waals surface area (Å²) < 4.78 is 59.0. The monoisotopic (exact) mass is 523 g/mol. The van der Waals surface area contributed by atoms with Gasteiger partial charge in [-0.2, -0.15) is 13.2 Å². The summed E-state index contributed by atoms with van der Waals surface area (Å²) in [5.74, 6) is -1.84. The number of rotatable bonds is 8. The van der Waals surface area contributed by atoms with Gasteiger partial charge in [-0.15, -0.1) is 0 Å². The first-order valence-electron chi connectivity index (χ1n) is 10.9. The number of hydrogen-bond donors (Lipinski definition) is 1. The lowest BCUT2D eigenvalue weighted by molar-refractivity contribution is -0.139. The maximum atomic E-state index is 13.5. The highest BCUT2D eigenvalue weighted by Crippen LogP contribution is 2.40. The summed E-state index contributed by atoms with van der Waals surface area (Å²) in [7, 11) is 0. The number of carboxylic acid groups (broad SMARTS) is 1. The van der Waals surface area contributed by atoms with Crippen LogP contribution in [0.15, 0.2) is 60.7 Å². The number of benzene rings is 3. The second-order valence-corrected chi connectivity index (χ2v) is 8.32. The molecule has 0 aliphatic heterocycles. The fraction of sp³-hybridized carbons (Fsp3) is 0.231. The molecular formula is C26H22ClF4NO4. The number of alkyl halides is 3. The number of aliphatic carboxylic acids is 1. The summed E-state index contributed by atoms with van der Waals surface area (Å²) in [4.78, 5) is 25.3. The van der Waals surface area contributed by atoms with Crippen LogP contribution in [0.2, 0.25) is 5.02 Å². The van der Waals surface area contributed by atoms with Crippen molar-refractivity contribution >= 4 is 23.7 Å². The number of carboxylic acids is 1. The smallest absolute Gasteiger partial charge is 0.418 e. The Morgan fingerprint density at radius 1 is 1.03 bits per heavy atom. The third kappa shape index (κ3) is 6.75. The average Bonchev–Trinajstić information content (AvgIpc) is 2.80. The summed E-state index contributed by atoms with van der Waals surface area (Å²) in [6.07, 6.45) is -6.32. The zero-order valence-corrected chi connectivity index (χ0v) is 19.9. The van der Waals surface area contributed by atoms with Crippen molar-refractivity contribution in [2.75, 3.05) is 6.54 Å². The summed E-state index contributed by atoms with van der Waals surface area (Å²) >= 11 is 5.98. The highest BCUT2D eigenvalue weighted by molar-refractivity contribution is 6.32. The Morgan fingerprint density at radius 2 is 1.69 bits per heavy atom. The summed E-state index contributed by atoms with van der Waals surface area (Å²) in [6.45, 7) is 2.02. The zero-order chi connectivity index (χ0) is 26.5. The van der Waals surface area contributed by atoms with Crippen LogP contribution in [0.5, 0.6) is 0 Å². The SMILES string of the molecule is CCN(Cc1ccccc1-c1cc(Cl)c(C(F)(F)F)c(CC(=O)O)c1)C(=O)OCc1ccc(F)cc1. The molecule has 5 nitrogen and oxygen atoms in total. The number of ether oxygens (including phenoxy) is 1. The van der Waals surface area contributed by atoms with Gasteiger partial charge in [-0.05, 0) is 59.0 Å². The van der Waals surface area contributed by atoms with E-state index in [0.717, 1.165) is 12.1 Å². The third-order valence-electron chi connectivity index (χ3n) is 5.40. The Balaban J connectivity index is 1.89. The predicted molar refractivity (Wildman–Crippen MR) is 126 cm³/mol. The summed E-state index contributed by atoms with van der Waals surface area (Å²) in [6, 6.07) is 14.5. The Hall–Kier alpha value is -3.59. The van der Waals surface area contributed by atoms with E-state index in [1.165, 1.54) is 29.2 Å². The first-order valence-corrected chi connectivity index (χ1v) is 11.2. The fourth-order valence-electron chi connectivity index (χ4n) is 3.71. The first kappa shape index (κ1) is 27.0. The molecule has 3 aromatic carbocycles. The van der Waals surface area contributed by atoms with Gasteiger partial charge in [-0.1, -0.05) is 48.0 Å². The average molecular weight is 524 g/mol. The van der Waals surface area contributed by atoms with Crippen molar-refractivity contribution < 1.29 is 37.0 Å². The van der Waals surface area contributed by atoms with E-state index in [2.05, 4.69) is 0 Å². The quantitative estimate of drug-likeness (QED) is 0.324. The van der Waals surface area contributed by atoms with E-state index in [1.807, 2.05) is 0 Å². The first-order chi connectivity index (χ1) is 17.0. The standard InChI is InChI=1S/C26H22ClF4NO4/c1-2-32(25(35)36-15-16-7-9-20(28)10-8-16)14-17-5-3-4-6-21(17)18-11-19(13-23(33)34)24(22(27)12-18)26(29,30)31/h3-12H,2,13-15H2,1H3,(H,33,34). The highest BCUT2D eigenvalue weighted by atomic mass is 35.5. The number of amides is 1. The molecule has 36 heavy (non-hydrogen) atoms. The Morgan fingerprint density at radius 3 is 2.31 bits per heavy atom. The number of hydrogen-bond acceptors (Lipinski definition) is 3. The molecule has 0 saturated heterocycles. The third-order valence-corrected chi connectivity index (χ3v) is 5.70. The number of carbonyl (C=O) groups excluding carboxylic acids is 1. The van der Waals surface area contributed by atoms with E-state index in [1.54, 1.807) is 31.2 Å². The minimum Gasteiger partial charge on any atom is -0.481 e. The minimum absolute atomic E-state index is 0.0652. The molecule has 0 heterocycles. The van der Waals surface area contributed by atoms with Crippen molar-refractivity contribution in [3.05, 3.63) is 93.8 Å². The van der Waals surface area contributed by atoms with Gasteiger partial charge in [0.25, 0.3) is 0 Å². The van der Waals surface area contributed by atoms with Crippen molar-refractivity contribution in [1.29, 1.82) is 0 Å². The summed E-state index contributed by atoms with van der Waals surface area (Å²) in [5, 5.41) is 8.52. The van der Waals surface area contributed by atoms with Crippen molar-refractivity contribution in [1.82, 2.24) is 4.90 Å². The van der Waals surface area contributed by atoms with Gasteiger partial charge in [0.2, 0.25) is 0 Å². The largest absolute Gasteiger partial charge is 0.481 e. The molecule has 0 aliphatic rings. The van der Waals surface area contributed by atoms with Crippen LogP contribution in [0, 0.1) is 5.82 Å². The molecule has 10 heteroatoms. The second kappa shape index (κ2) is 11.4. The molecule has 190 valence electrons. The number of halogens is 5. The lowest BCUT2D eigenvalue weighted by Gasteiger charge is -2.23. The van der Waals surface area contributed by atoms with Gasteiger partial charge in [-0.3, -0.25) is 4.79 Å². The fourth-order valence-corrected chi connectivity index (χ4v) is 4.05. The molecule has 0 radical (unpaired) electrons. The van der Waals surface area contributed by atoms with Crippen LogP contribution in [-0.4, -0.2) is 28.6 Å². The van der Waals surface area contributed by atoms with Crippen LogP contribution in [0.4, 0.5) is 22.4 Å². The van der Waals surface area contributed by atoms with E-state index < -0.39 is 46.6 Å². The number of carbonyl (C=O) groups is 2. The Labute approximate surface area is 209 Å². The van der Waals surface area contributed by atoms with Gasteiger partial charge >= 0.3 is 18.2 Å². The molecule has 0 aliphatic carbocycles. The van der Waals surface area contributed by atoms with Crippen LogP contribution in [0.3, 0.4) is 0 Å². The van der Waals surface area contributed by atoms with E-state index in [9.17, 15) is 27.2 Å². The van der Waals surface area contributed by atoms with Crippen LogP contribution in [0.1, 0.15) is 29.2 Å². The zero-order valence-electron chi connectivity index (χ0n) is 19.1. The highest BCUT2D eigenvalue weighted by Gasteiger charge is 2.37. The second-order valence-electron chi connectivity index (χ2n) is 7.91. The molecule has 3 rings (SSSR count). The van der Waals surface area contributed by atoms with Gasteiger partial charge in [0, 0.05) is 13.1 Å². The van der Waals surface area contributed by atoms with Gasteiger partial charge < -0.3 is 14.7 Å². The summed E-state index contributed by atoms with van der Waals surface area (Å²) in [5.41, 5.74) is 0.326. The maximum Gasteiger partial charge on any atom is 0.418 e. The molecule has 0 saturated carbocycles. The molecular weight excluding hydrogens is 502 g/mol. The molecule has 1 N–H and O–H groups in total. The van der Waals surface area contributed by atoms with E-state index in [0.29, 0.717) is 16.7 Å². The lowest BCUT2D eigenvalue weighted by Crippen LogP contribution is -2.31. The number of nitrogens with zero attached hydrogens (tertiary/aromatic N) is 1. The van der Waals surface area contributed by atoms with Gasteiger partial charge in [0.1, 0.15) is 12.4 Å². The van der Waals surface area contributed by atoms with Crippen molar-refractivity contribution in [2.45, 2.75) is 32.7 Å². The van der Waals surface area contributed by atoms with E-state index >= 15 is 0 Å². The molecule has 0 fully saturated rings. The van der Waals surface area contributed by atoms with Crippen LogP contribution < -0.4 is 0 Å². The Kier molecular flexibility index (Phi) is 8.57. The molecule has 0 unspecified atom stereocenters. The molecule has 0 aromatic heterocycles. The lowest BCUT2D eigenvalue weighted by atomic mass is 9.94.